The molecule has 1 fully saturated rings. The van der Waals surface area contributed by atoms with Gasteiger partial charge in [0.1, 0.15) is 28.8 Å². The summed E-state index contributed by atoms with van der Waals surface area (Å²) in [5, 5.41) is 11.3. The summed E-state index contributed by atoms with van der Waals surface area (Å²) in [6.07, 6.45) is 3.07. The van der Waals surface area contributed by atoms with Gasteiger partial charge in [0.05, 0.1) is 24.3 Å². The van der Waals surface area contributed by atoms with Crippen molar-refractivity contribution in [2.45, 2.75) is 13.0 Å². The van der Waals surface area contributed by atoms with Crippen LogP contribution in [0.15, 0.2) is 96.8 Å². The first kappa shape index (κ1) is 24.7. The molecule has 190 valence electrons. The van der Waals surface area contributed by atoms with Crippen molar-refractivity contribution in [3.63, 3.8) is 0 Å². The zero-order chi connectivity index (χ0) is 26.8. The predicted molar refractivity (Wildman–Crippen MR) is 140 cm³/mol. The van der Waals surface area contributed by atoms with E-state index < -0.39 is 29.3 Å². The molecule has 0 saturated carbocycles. The Morgan fingerprint density at radius 1 is 0.974 bits per heavy atom. The molecule has 1 atom stereocenters. The maximum atomic E-state index is 14.1. The van der Waals surface area contributed by atoms with Crippen molar-refractivity contribution in [2.75, 3.05) is 12.0 Å². The number of benzene rings is 3. The van der Waals surface area contributed by atoms with E-state index in [1.54, 1.807) is 42.6 Å². The van der Waals surface area contributed by atoms with Gasteiger partial charge < -0.3 is 14.6 Å². The number of carbonyl (C=O) groups excluding carboxylic acids is 2. The lowest BCUT2D eigenvalue weighted by Crippen LogP contribution is -2.29. The predicted octanol–water partition coefficient (Wildman–Crippen LogP) is 5.96. The third-order valence-corrected chi connectivity index (χ3v) is 6.20. The van der Waals surface area contributed by atoms with Crippen molar-refractivity contribution >= 4 is 23.1 Å². The second-order valence-corrected chi connectivity index (χ2v) is 8.71. The topological polar surface area (TPSA) is 89.0 Å². The first-order valence-electron chi connectivity index (χ1n) is 11.8. The molecule has 3 aromatic carbocycles. The molecule has 2 heterocycles. The number of hydrogen-bond acceptors (Lipinski definition) is 6. The molecular weight excluding hydrogens is 487 g/mol. The number of hydrogen-bond donors (Lipinski definition) is 1. The van der Waals surface area contributed by atoms with E-state index in [0.717, 1.165) is 11.6 Å². The number of ether oxygens (including phenoxy) is 2. The molecule has 5 rings (SSSR count). The monoisotopic (exact) mass is 510 g/mol. The van der Waals surface area contributed by atoms with Gasteiger partial charge in [-0.1, -0.05) is 18.2 Å². The number of pyridine rings is 1. The number of Topliss-reactive ketones (excluding diaryl/α,β-unsaturated/α-hetero) is 1. The molecule has 1 saturated heterocycles. The van der Waals surface area contributed by atoms with Crippen LogP contribution in [0.4, 0.5) is 10.1 Å². The summed E-state index contributed by atoms with van der Waals surface area (Å²) in [7, 11) is 1.36. The van der Waals surface area contributed by atoms with Gasteiger partial charge in [-0.05, 0) is 78.7 Å². The number of amides is 1. The van der Waals surface area contributed by atoms with Gasteiger partial charge in [-0.25, -0.2) is 4.39 Å². The number of aliphatic hydroxyl groups is 1. The van der Waals surface area contributed by atoms with E-state index in [2.05, 4.69) is 4.98 Å². The number of carbonyl (C=O) groups is 2. The maximum Gasteiger partial charge on any atom is 0.300 e. The first-order valence-corrected chi connectivity index (χ1v) is 11.8. The molecule has 1 unspecified atom stereocenters. The lowest BCUT2D eigenvalue weighted by Gasteiger charge is -2.25. The summed E-state index contributed by atoms with van der Waals surface area (Å²) in [6.45, 7) is 1.96. The fraction of sp³-hybridized carbons (Fsp3) is 0.100. The highest BCUT2D eigenvalue weighted by atomic mass is 19.1. The normalized spacial score (nSPS) is 16.5. The van der Waals surface area contributed by atoms with Crippen LogP contribution >= 0.6 is 0 Å². The van der Waals surface area contributed by atoms with Crippen LogP contribution in [0.1, 0.15) is 22.7 Å². The molecule has 38 heavy (non-hydrogen) atoms. The van der Waals surface area contributed by atoms with Crippen molar-refractivity contribution in [1.29, 1.82) is 0 Å². The highest BCUT2D eigenvalue weighted by Gasteiger charge is 2.47. The van der Waals surface area contributed by atoms with E-state index in [0.29, 0.717) is 22.7 Å². The lowest BCUT2D eigenvalue weighted by molar-refractivity contribution is -0.132. The molecule has 8 heteroatoms. The minimum absolute atomic E-state index is 0.0405. The smallest absolute Gasteiger partial charge is 0.300 e. The van der Waals surface area contributed by atoms with Crippen molar-refractivity contribution in [1.82, 2.24) is 4.98 Å². The van der Waals surface area contributed by atoms with Crippen molar-refractivity contribution in [2.24, 2.45) is 0 Å². The molecule has 1 N–H and O–H groups in total. The number of methoxy groups -OCH3 is 1. The zero-order valence-corrected chi connectivity index (χ0v) is 20.6. The number of aromatic nitrogens is 1. The molecule has 0 spiro atoms. The summed E-state index contributed by atoms with van der Waals surface area (Å²) >= 11 is 0. The number of anilines is 1. The van der Waals surface area contributed by atoms with Crippen molar-refractivity contribution in [3.8, 4) is 17.2 Å². The summed E-state index contributed by atoms with van der Waals surface area (Å²) in [6, 6.07) is 20.2. The Bertz CT molecular complexity index is 1550. The quantitative estimate of drug-likeness (QED) is 0.196. The Kier molecular flexibility index (Phi) is 6.62. The van der Waals surface area contributed by atoms with Crippen LogP contribution in [0.25, 0.3) is 5.76 Å². The van der Waals surface area contributed by atoms with Crippen LogP contribution in [0.5, 0.6) is 17.2 Å². The number of halogens is 1. The summed E-state index contributed by atoms with van der Waals surface area (Å²) in [5.74, 6) is -1.58. The van der Waals surface area contributed by atoms with E-state index in [4.69, 9.17) is 9.47 Å². The van der Waals surface area contributed by atoms with E-state index in [1.165, 1.54) is 30.3 Å². The Morgan fingerprint density at radius 3 is 2.45 bits per heavy atom. The molecule has 1 amide bonds. The zero-order valence-electron chi connectivity index (χ0n) is 20.6. The minimum atomic E-state index is -1.01. The summed E-state index contributed by atoms with van der Waals surface area (Å²) in [5.41, 5.74) is 1.70. The molecule has 7 nitrogen and oxygen atoms in total. The van der Waals surface area contributed by atoms with Crippen LogP contribution in [0.2, 0.25) is 0 Å². The highest BCUT2D eigenvalue weighted by Crippen LogP contribution is 2.43. The average Bonchev–Trinajstić information content (AvgIpc) is 3.19. The van der Waals surface area contributed by atoms with E-state index in [9.17, 15) is 19.1 Å². The minimum Gasteiger partial charge on any atom is -0.507 e. The van der Waals surface area contributed by atoms with Gasteiger partial charge in [-0.2, -0.15) is 0 Å². The summed E-state index contributed by atoms with van der Waals surface area (Å²) < 4.78 is 25.3. The number of ketones is 1. The third-order valence-electron chi connectivity index (χ3n) is 6.20. The second-order valence-electron chi connectivity index (χ2n) is 8.71. The molecule has 0 radical (unpaired) electrons. The standard InChI is InChI=1S/C30H23FN2O5/c1-18-5-3-7-23(15-18)38-22-11-9-21(10-12-22)33-27(19-6-4-14-32-17-19)26(29(35)30(33)36)28(34)24-16-20(31)8-13-25(24)37-2/h3-17,27,34H,1-2H3/b28-26+. The molecule has 0 bridgehead atoms. The second kappa shape index (κ2) is 10.2. The van der Waals surface area contributed by atoms with E-state index in [1.807, 2.05) is 31.2 Å². The SMILES string of the molecule is COc1ccc(F)cc1/C(O)=C1\C(=O)C(=O)N(c2ccc(Oc3cccc(C)c3)cc2)C1c1cccnc1. The molecular formula is C30H23FN2O5. The van der Waals surface area contributed by atoms with Gasteiger partial charge in [-0.3, -0.25) is 19.5 Å². The van der Waals surface area contributed by atoms with Gasteiger partial charge in [0.15, 0.2) is 0 Å². The van der Waals surface area contributed by atoms with Crippen molar-refractivity contribution < 1.29 is 28.6 Å². The fourth-order valence-corrected chi connectivity index (χ4v) is 4.45. The van der Waals surface area contributed by atoms with Crippen LogP contribution in [0, 0.1) is 12.7 Å². The Labute approximate surface area is 218 Å². The third kappa shape index (κ3) is 4.59. The average molecular weight is 511 g/mol. The van der Waals surface area contributed by atoms with E-state index in [-0.39, 0.29) is 16.9 Å². The Balaban J connectivity index is 1.59. The highest BCUT2D eigenvalue weighted by molar-refractivity contribution is 6.51. The number of rotatable bonds is 6. The molecule has 1 aliphatic rings. The van der Waals surface area contributed by atoms with Crippen molar-refractivity contribution in [3.05, 3.63) is 119 Å². The fourth-order valence-electron chi connectivity index (χ4n) is 4.45. The van der Waals surface area contributed by atoms with Gasteiger partial charge in [0.25, 0.3) is 11.7 Å². The Hall–Kier alpha value is -4.98. The Morgan fingerprint density at radius 2 is 1.76 bits per heavy atom. The molecule has 1 aliphatic heterocycles. The van der Waals surface area contributed by atoms with Gasteiger partial charge in [0.2, 0.25) is 0 Å². The largest absolute Gasteiger partial charge is 0.507 e. The van der Waals surface area contributed by atoms with Crippen LogP contribution in [-0.2, 0) is 9.59 Å². The molecule has 0 aliphatic carbocycles. The maximum absolute atomic E-state index is 14.1. The number of aryl methyl sites for hydroxylation is 1. The van der Waals surface area contributed by atoms with Crippen LogP contribution in [0.3, 0.4) is 0 Å². The van der Waals surface area contributed by atoms with Crippen LogP contribution < -0.4 is 14.4 Å². The van der Waals surface area contributed by atoms with Crippen LogP contribution in [-0.4, -0.2) is 28.9 Å². The first-order chi connectivity index (χ1) is 18.4. The van der Waals surface area contributed by atoms with Gasteiger partial charge in [0, 0.05) is 18.1 Å². The molecule has 1 aromatic heterocycles. The van der Waals surface area contributed by atoms with E-state index >= 15 is 0 Å². The number of nitrogens with zero attached hydrogens (tertiary/aromatic N) is 2. The lowest BCUT2D eigenvalue weighted by atomic mass is 9.95. The van der Waals surface area contributed by atoms with Gasteiger partial charge in [-0.15, -0.1) is 0 Å². The van der Waals surface area contributed by atoms with Gasteiger partial charge >= 0.3 is 0 Å². The molecule has 4 aromatic rings. The summed E-state index contributed by atoms with van der Waals surface area (Å²) in [4.78, 5) is 32.1. The number of aliphatic hydroxyl groups excluding tert-OH is 1.